The molecule has 0 spiro atoms. The zero-order chi connectivity index (χ0) is 19.3. The zero-order valence-electron chi connectivity index (χ0n) is 15.6. The number of pyridine rings is 1. The summed E-state index contributed by atoms with van der Waals surface area (Å²) in [4.78, 5) is 29.2. The minimum absolute atomic E-state index is 0.175. The van der Waals surface area contributed by atoms with Gasteiger partial charge in [0.1, 0.15) is 0 Å². The van der Waals surface area contributed by atoms with Crippen molar-refractivity contribution < 1.29 is 19.1 Å². The van der Waals surface area contributed by atoms with Gasteiger partial charge >= 0.3 is 0 Å². The summed E-state index contributed by atoms with van der Waals surface area (Å²) in [5, 5.41) is 5.88. The lowest BCUT2D eigenvalue weighted by Crippen LogP contribution is -2.34. The highest BCUT2D eigenvalue weighted by atomic mass is 16.7. The van der Waals surface area contributed by atoms with Crippen LogP contribution in [0.1, 0.15) is 59.2 Å². The van der Waals surface area contributed by atoms with Crippen LogP contribution in [0.4, 0.5) is 5.69 Å². The molecule has 0 unspecified atom stereocenters. The lowest BCUT2D eigenvalue weighted by Gasteiger charge is -2.16. The molecule has 2 amide bonds. The van der Waals surface area contributed by atoms with E-state index in [4.69, 9.17) is 9.47 Å². The molecular weight excluding hydrogens is 358 g/mol. The van der Waals surface area contributed by atoms with E-state index in [1.165, 1.54) is 25.2 Å². The van der Waals surface area contributed by atoms with Gasteiger partial charge in [-0.3, -0.25) is 14.6 Å². The molecule has 0 radical (unpaired) electrons. The largest absolute Gasteiger partial charge is 0.454 e. The molecular formula is C21H23N3O4. The van der Waals surface area contributed by atoms with Crippen LogP contribution in [-0.4, -0.2) is 29.6 Å². The van der Waals surface area contributed by atoms with Gasteiger partial charge in [0.2, 0.25) is 6.79 Å². The Balaban J connectivity index is 1.42. The molecule has 0 saturated heterocycles. The quantitative estimate of drug-likeness (QED) is 0.791. The van der Waals surface area contributed by atoms with E-state index in [-0.39, 0.29) is 24.6 Å². The Morgan fingerprint density at radius 2 is 1.61 bits per heavy atom. The number of benzene rings is 1. The number of hydrogen-bond acceptors (Lipinski definition) is 5. The number of fused-ring (bicyclic) bond motifs is 1. The Morgan fingerprint density at radius 3 is 2.39 bits per heavy atom. The first-order chi connectivity index (χ1) is 13.7. The van der Waals surface area contributed by atoms with Crippen LogP contribution < -0.4 is 20.1 Å². The van der Waals surface area contributed by atoms with E-state index < -0.39 is 0 Å². The van der Waals surface area contributed by atoms with Crippen LogP contribution in [0.2, 0.25) is 0 Å². The standard InChI is InChI=1S/C21H23N3O4/c25-20(23-16-5-3-1-2-4-6-16)14-9-15(12-22-11-14)21(26)24-17-7-8-18-19(10-17)28-13-27-18/h7-12,16H,1-6,13H2,(H,23,25)(H,24,26). The molecule has 4 rings (SSSR count). The van der Waals surface area contributed by atoms with Gasteiger partial charge in [-0.25, -0.2) is 0 Å². The normalized spacial score (nSPS) is 16.3. The molecule has 1 aliphatic carbocycles. The number of carbonyl (C=O) groups excluding carboxylic acids is 2. The molecule has 2 aromatic rings. The fourth-order valence-corrected chi connectivity index (χ4v) is 3.56. The summed E-state index contributed by atoms with van der Waals surface area (Å²) in [6.45, 7) is 0.175. The number of carbonyl (C=O) groups is 2. The number of aromatic nitrogens is 1. The minimum atomic E-state index is -0.338. The predicted octanol–water partition coefficient (Wildman–Crippen LogP) is 3.52. The number of amides is 2. The molecule has 1 aromatic carbocycles. The molecule has 7 nitrogen and oxygen atoms in total. The lowest BCUT2D eigenvalue weighted by atomic mass is 10.1. The van der Waals surface area contributed by atoms with Crippen LogP contribution in [-0.2, 0) is 0 Å². The molecule has 1 aliphatic heterocycles. The summed E-state index contributed by atoms with van der Waals surface area (Å²) < 4.78 is 10.6. The summed E-state index contributed by atoms with van der Waals surface area (Å²) in [6.07, 6.45) is 9.68. The molecule has 0 bridgehead atoms. The molecule has 2 heterocycles. The lowest BCUT2D eigenvalue weighted by molar-refractivity contribution is 0.0933. The Hall–Kier alpha value is -3.09. The van der Waals surface area contributed by atoms with Gasteiger partial charge < -0.3 is 20.1 Å². The van der Waals surface area contributed by atoms with E-state index in [1.54, 1.807) is 24.3 Å². The molecule has 0 atom stereocenters. The van der Waals surface area contributed by atoms with Crippen molar-refractivity contribution in [1.29, 1.82) is 0 Å². The van der Waals surface area contributed by atoms with Gasteiger partial charge in [0.05, 0.1) is 11.1 Å². The zero-order valence-corrected chi connectivity index (χ0v) is 15.6. The molecule has 2 aliphatic rings. The molecule has 7 heteroatoms. The number of hydrogen-bond donors (Lipinski definition) is 2. The number of ether oxygens (including phenoxy) is 2. The average molecular weight is 381 g/mol. The maximum atomic E-state index is 12.6. The maximum absolute atomic E-state index is 12.6. The van der Waals surface area contributed by atoms with Crippen molar-refractivity contribution in [3.8, 4) is 11.5 Å². The molecule has 146 valence electrons. The minimum Gasteiger partial charge on any atom is -0.454 e. The van der Waals surface area contributed by atoms with Gasteiger partial charge in [0.25, 0.3) is 11.8 Å². The SMILES string of the molecule is O=C(Nc1ccc2c(c1)OCO2)c1cncc(C(=O)NC2CCCCCC2)c1. The van der Waals surface area contributed by atoms with Gasteiger partial charge in [-0.1, -0.05) is 25.7 Å². The Kier molecular flexibility index (Phi) is 5.41. The maximum Gasteiger partial charge on any atom is 0.257 e. The van der Waals surface area contributed by atoms with Crippen molar-refractivity contribution >= 4 is 17.5 Å². The molecule has 28 heavy (non-hydrogen) atoms. The van der Waals surface area contributed by atoms with Gasteiger partial charge in [0.15, 0.2) is 11.5 Å². The summed E-state index contributed by atoms with van der Waals surface area (Å²) in [6, 6.07) is 6.95. The van der Waals surface area contributed by atoms with Gasteiger partial charge in [-0.15, -0.1) is 0 Å². The summed E-state index contributed by atoms with van der Waals surface area (Å²) >= 11 is 0. The number of nitrogens with one attached hydrogen (secondary N) is 2. The Morgan fingerprint density at radius 1 is 0.893 bits per heavy atom. The topological polar surface area (TPSA) is 89.6 Å². The van der Waals surface area contributed by atoms with Crippen LogP contribution in [0.5, 0.6) is 11.5 Å². The van der Waals surface area contributed by atoms with E-state index in [9.17, 15) is 9.59 Å². The van der Waals surface area contributed by atoms with Crippen molar-refractivity contribution in [2.75, 3.05) is 12.1 Å². The summed E-state index contributed by atoms with van der Waals surface area (Å²) in [5.74, 6) is 0.719. The number of nitrogens with zero attached hydrogens (tertiary/aromatic N) is 1. The molecule has 2 N–H and O–H groups in total. The fraction of sp³-hybridized carbons (Fsp3) is 0.381. The third-order valence-electron chi connectivity index (χ3n) is 5.08. The van der Waals surface area contributed by atoms with E-state index >= 15 is 0 Å². The van der Waals surface area contributed by atoms with E-state index in [0.29, 0.717) is 28.3 Å². The highest BCUT2D eigenvalue weighted by molar-refractivity contribution is 6.06. The smallest absolute Gasteiger partial charge is 0.257 e. The Labute approximate surface area is 163 Å². The van der Waals surface area contributed by atoms with Crippen molar-refractivity contribution in [3.63, 3.8) is 0 Å². The second kappa shape index (κ2) is 8.29. The second-order valence-electron chi connectivity index (χ2n) is 7.15. The highest BCUT2D eigenvalue weighted by Crippen LogP contribution is 2.34. The second-order valence-corrected chi connectivity index (χ2v) is 7.15. The summed E-state index contributed by atoms with van der Waals surface area (Å²) in [7, 11) is 0. The van der Waals surface area contributed by atoms with Crippen molar-refractivity contribution in [2.24, 2.45) is 0 Å². The first-order valence-electron chi connectivity index (χ1n) is 9.66. The third kappa shape index (κ3) is 4.24. The van der Waals surface area contributed by atoms with Gasteiger partial charge in [-0.05, 0) is 31.0 Å². The molecule has 1 saturated carbocycles. The number of anilines is 1. The Bertz CT molecular complexity index is 876. The molecule has 1 aromatic heterocycles. The predicted molar refractivity (Wildman–Crippen MR) is 104 cm³/mol. The van der Waals surface area contributed by atoms with Gasteiger partial charge in [-0.2, -0.15) is 0 Å². The van der Waals surface area contributed by atoms with Crippen LogP contribution in [0, 0.1) is 0 Å². The van der Waals surface area contributed by atoms with E-state index in [2.05, 4.69) is 15.6 Å². The van der Waals surface area contributed by atoms with Gasteiger partial charge in [0, 0.05) is 30.2 Å². The first kappa shape index (κ1) is 18.3. The van der Waals surface area contributed by atoms with Crippen molar-refractivity contribution in [3.05, 3.63) is 47.8 Å². The van der Waals surface area contributed by atoms with Crippen LogP contribution >= 0.6 is 0 Å². The van der Waals surface area contributed by atoms with Crippen molar-refractivity contribution in [2.45, 2.75) is 44.6 Å². The fourth-order valence-electron chi connectivity index (χ4n) is 3.56. The van der Waals surface area contributed by atoms with Crippen molar-refractivity contribution in [1.82, 2.24) is 10.3 Å². The monoisotopic (exact) mass is 381 g/mol. The average Bonchev–Trinajstić information content (AvgIpc) is 3.03. The first-order valence-corrected chi connectivity index (χ1v) is 9.66. The molecule has 1 fully saturated rings. The van der Waals surface area contributed by atoms with Crippen LogP contribution in [0.3, 0.4) is 0 Å². The van der Waals surface area contributed by atoms with E-state index in [0.717, 1.165) is 25.7 Å². The number of rotatable bonds is 4. The third-order valence-corrected chi connectivity index (χ3v) is 5.08. The van der Waals surface area contributed by atoms with E-state index in [1.807, 2.05) is 0 Å². The van der Waals surface area contributed by atoms with Crippen LogP contribution in [0.25, 0.3) is 0 Å². The highest BCUT2D eigenvalue weighted by Gasteiger charge is 2.18. The summed E-state index contributed by atoms with van der Waals surface area (Å²) in [5.41, 5.74) is 1.30. The van der Waals surface area contributed by atoms with Crippen LogP contribution in [0.15, 0.2) is 36.7 Å².